The van der Waals surface area contributed by atoms with Gasteiger partial charge in [0.2, 0.25) is 5.95 Å². The molecule has 0 spiro atoms. The van der Waals surface area contributed by atoms with Crippen molar-refractivity contribution in [2.45, 2.75) is 38.3 Å². The Balaban J connectivity index is 1.36. The zero-order valence-electron chi connectivity index (χ0n) is 22.5. The molecule has 1 aromatic carbocycles. The van der Waals surface area contributed by atoms with E-state index >= 15 is 0 Å². The van der Waals surface area contributed by atoms with E-state index in [1.165, 1.54) is 5.69 Å². The van der Waals surface area contributed by atoms with Crippen molar-refractivity contribution in [3.05, 3.63) is 76.9 Å². The predicted octanol–water partition coefficient (Wildman–Crippen LogP) is 3.20. The van der Waals surface area contributed by atoms with Gasteiger partial charge in [-0.25, -0.2) is 19.3 Å². The van der Waals surface area contributed by atoms with Gasteiger partial charge in [-0.3, -0.25) is 4.79 Å². The summed E-state index contributed by atoms with van der Waals surface area (Å²) in [5.41, 5.74) is 2.92. The van der Waals surface area contributed by atoms with Crippen molar-refractivity contribution < 1.29 is 5.11 Å². The summed E-state index contributed by atoms with van der Waals surface area (Å²) in [6.07, 6.45) is 5.64. The van der Waals surface area contributed by atoms with Crippen molar-refractivity contribution in [2.75, 3.05) is 43.4 Å². The second-order valence-electron chi connectivity index (χ2n) is 10.7. The molecule has 4 aromatic rings. The normalized spacial score (nSPS) is 19.7. The molecule has 0 bridgehead atoms. The number of likely N-dealkylation sites (N-methyl/N-ethyl adjacent to an activating group) is 1. The summed E-state index contributed by atoms with van der Waals surface area (Å²) in [6.45, 7) is 10.0. The van der Waals surface area contributed by atoms with E-state index in [9.17, 15) is 9.90 Å². The Morgan fingerprint density at radius 3 is 2.62 bits per heavy atom. The van der Waals surface area contributed by atoms with E-state index in [-0.39, 0.29) is 12.1 Å². The Kier molecular flexibility index (Phi) is 6.44. The van der Waals surface area contributed by atoms with Gasteiger partial charge in [0, 0.05) is 43.8 Å². The van der Waals surface area contributed by atoms with E-state index in [1.54, 1.807) is 28.6 Å². The fourth-order valence-corrected chi connectivity index (χ4v) is 5.56. The van der Waals surface area contributed by atoms with Crippen LogP contribution in [-0.4, -0.2) is 67.5 Å². The monoisotopic (exact) mass is 526 g/mol. The van der Waals surface area contributed by atoms with Gasteiger partial charge >= 0.3 is 0 Å². The molecule has 1 saturated heterocycles. The third-order valence-corrected chi connectivity index (χ3v) is 7.77. The van der Waals surface area contributed by atoms with Crippen molar-refractivity contribution in [2.24, 2.45) is 0 Å². The molecular weight excluding hydrogens is 492 g/mol. The largest absolute Gasteiger partial charge is 0.384 e. The number of piperazine rings is 1. The van der Waals surface area contributed by atoms with Crippen LogP contribution in [0.15, 0.2) is 60.0 Å². The lowest BCUT2D eigenvalue weighted by atomic mass is 9.84. The fraction of sp³-hybridized carbons (Fsp3) is 0.379. The van der Waals surface area contributed by atoms with Crippen molar-refractivity contribution >= 4 is 28.4 Å². The molecule has 0 amide bonds. The Bertz CT molecular complexity index is 1580. The van der Waals surface area contributed by atoms with E-state index < -0.39 is 5.60 Å². The van der Waals surface area contributed by atoms with Crippen LogP contribution in [0.1, 0.15) is 31.0 Å². The van der Waals surface area contributed by atoms with E-state index in [1.807, 2.05) is 24.3 Å². The van der Waals surface area contributed by atoms with Crippen LogP contribution in [0.5, 0.6) is 0 Å². The molecule has 0 saturated carbocycles. The maximum absolute atomic E-state index is 13.3. The number of hydrogen-bond donors (Lipinski definition) is 2. The summed E-state index contributed by atoms with van der Waals surface area (Å²) in [5, 5.41) is 14.7. The van der Waals surface area contributed by atoms with Crippen LogP contribution in [0.4, 0.5) is 17.3 Å². The van der Waals surface area contributed by atoms with Gasteiger partial charge in [0.25, 0.3) is 5.56 Å². The maximum atomic E-state index is 13.3. The second-order valence-corrected chi connectivity index (χ2v) is 10.7. The predicted molar refractivity (Wildman–Crippen MR) is 153 cm³/mol. The number of hydrogen-bond acceptors (Lipinski definition) is 8. The minimum absolute atomic E-state index is 0.223. The lowest BCUT2D eigenvalue weighted by Gasteiger charge is -2.34. The van der Waals surface area contributed by atoms with Gasteiger partial charge in [-0.05, 0) is 69.1 Å². The molecule has 3 aromatic heterocycles. The first kappa shape index (κ1) is 25.3. The second kappa shape index (κ2) is 9.94. The number of pyridine rings is 1. The first-order valence-corrected chi connectivity index (χ1v) is 13.5. The number of benzene rings is 1. The highest BCUT2D eigenvalue weighted by Crippen LogP contribution is 2.34. The van der Waals surface area contributed by atoms with Crippen LogP contribution in [0.25, 0.3) is 16.9 Å². The molecule has 2 N–H and O–H groups in total. The van der Waals surface area contributed by atoms with Crippen molar-refractivity contribution in [1.29, 1.82) is 0 Å². The third kappa shape index (κ3) is 4.70. The quantitative estimate of drug-likeness (QED) is 0.369. The van der Waals surface area contributed by atoms with Crippen LogP contribution in [0, 0.1) is 0 Å². The Morgan fingerprint density at radius 2 is 1.87 bits per heavy atom. The third-order valence-electron chi connectivity index (χ3n) is 7.77. The summed E-state index contributed by atoms with van der Waals surface area (Å²) in [7, 11) is 2.15. The molecule has 1 atom stereocenters. The number of nitrogens with one attached hydrogen (secondary N) is 1. The molecule has 202 valence electrons. The van der Waals surface area contributed by atoms with E-state index in [4.69, 9.17) is 9.97 Å². The Morgan fingerprint density at radius 1 is 1.10 bits per heavy atom. The van der Waals surface area contributed by atoms with Crippen LogP contribution in [0.3, 0.4) is 0 Å². The summed E-state index contributed by atoms with van der Waals surface area (Å²) in [6, 6.07) is 12.1. The molecule has 4 heterocycles. The minimum atomic E-state index is -1.02. The number of aromatic nitrogens is 5. The lowest BCUT2D eigenvalue weighted by Crippen LogP contribution is -2.44. The number of anilines is 3. The smallest absolute Gasteiger partial charge is 0.278 e. The Hall–Kier alpha value is -4.02. The molecule has 2 aliphatic rings. The number of fused-ring (bicyclic) bond motifs is 2. The number of nitrogens with zero attached hydrogens (tertiary/aromatic N) is 7. The topological polar surface area (TPSA) is 104 Å². The van der Waals surface area contributed by atoms with Crippen LogP contribution in [-0.2, 0) is 18.6 Å². The van der Waals surface area contributed by atoms with E-state index in [0.29, 0.717) is 34.9 Å². The van der Waals surface area contributed by atoms with Crippen molar-refractivity contribution in [3.8, 4) is 5.82 Å². The molecule has 1 aliphatic heterocycles. The number of aliphatic hydroxyl groups is 1. The molecule has 1 aliphatic carbocycles. The maximum Gasteiger partial charge on any atom is 0.278 e. The van der Waals surface area contributed by atoms with Gasteiger partial charge in [-0.1, -0.05) is 12.1 Å². The molecule has 10 heteroatoms. The van der Waals surface area contributed by atoms with Gasteiger partial charge < -0.3 is 20.2 Å². The molecule has 0 unspecified atom stereocenters. The zero-order valence-corrected chi connectivity index (χ0v) is 22.5. The minimum Gasteiger partial charge on any atom is -0.384 e. The summed E-state index contributed by atoms with van der Waals surface area (Å²) < 4.78 is 3.25. The van der Waals surface area contributed by atoms with Gasteiger partial charge in [0.1, 0.15) is 11.0 Å². The molecule has 1 fully saturated rings. The van der Waals surface area contributed by atoms with Gasteiger partial charge in [-0.2, -0.15) is 4.98 Å². The lowest BCUT2D eigenvalue weighted by molar-refractivity contribution is 0.0339. The van der Waals surface area contributed by atoms with Crippen LogP contribution in [0.2, 0.25) is 0 Å². The highest BCUT2D eigenvalue weighted by Gasteiger charge is 2.32. The van der Waals surface area contributed by atoms with Gasteiger partial charge in [0.05, 0.1) is 12.2 Å². The Labute approximate surface area is 227 Å². The molecule has 39 heavy (non-hydrogen) atoms. The van der Waals surface area contributed by atoms with Gasteiger partial charge in [0.15, 0.2) is 11.5 Å². The highest BCUT2D eigenvalue weighted by molar-refractivity contribution is 5.77. The summed E-state index contributed by atoms with van der Waals surface area (Å²) in [4.78, 5) is 32.1. The summed E-state index contributed by atoms with van der Waals surface area (Å²) in [5.74, 6) is 0.898. The van der Waals surface area contributed by atoms with Crippen molar-refractivity contribution in [3.63, 3.8) is 0 Å². The van der Waals surface area contributed by atoms with Gasteiger partial charge in [-0.15, -0.1) is 6.58 Å². The molecular formula is C29H34N8O2. The SMILES string of the molecule is C=CCn1c(=O)c2cnc(Nc3ccc(N4CCN(C)CC4)cc3)nc2n1-c1ccc2c(n1)[C@](C)(O)CCC2. The highest BCUT2D eigenvalue weighted by atomic mass is 16.3. The molecule has 6 rings (SSSR count). The summed E-state index contributed by atoms with van der Waals surface area (Å²) >= 11 is 0. The molecule has 10 nitrogen and oxygen atoms in total. The standard InChI is InChI=1S/C29H34N8O2/c1-4-14-36-27(38)23-19-30-28(31-21-8-10-22(11-9-21)35-17-15-34(3)16-18-35)33-26(23)37(36)24-12-7-20-6-5-13-29(2,39)25(20)32-24/h4,7-12,19,39H,1,5-6,13-18H2,2-3H3,(H,30,31,33)/t29-/m1/s1. The van der Waals surface area contributed by atoms with Crippen LogP contribution < -0.4 is 15.8 Å². The molecule has 0 radical (unpaired) electrons. The fourth-order valence-electron chi connectivity index (χ4n) is 5.56. The number of allylic oxidation sites excluding steroid dienone is 1. The first-order chi connectivity index (χ1) is 18.8. The van der Waals surface area contributed by atoms with Crippen LogP contribution >= 0.6 is 0 Å². The first-order valence-electron chi connectivity index (χ1n) is 13.5. The average molecular weight is 527 g/mol. The number of aryl methyl sites for hydroxylation is 1. The number of rotatable bonds is 6. The van der Waals surface area contributed by atoms with Crippen molar-refractivity contribution in [1.82, 2.24) is 29.2 Å². The van der Waals surface area contributed by atoms with E-state index in [2.05, 4.69) is 45.9 Å². The zero-order chi connectivity index (χ0) is 27.1. The average Bonchev–Trinajstić information content (AvgIpc) is 3.20. The van der Waals surface area contributed by atoms with E-state index in [0.717, 1.165) is 50.3 Å².